The first kappa shape index (κ1) is 19.1. The summed E-state index contributed by atoms with van der Waals surface area (Å²) in [5.74, 6) is 2.66. The summed E-state index contributed by atoms with van der Waals surface area (Å²) in [6.07, 6.45) is 4.05. The first-order valence-corrected chi connectivity index (χ1v) is 8.64. The molecule has 1 N–H and O–H groups in total. The van der Waals surface area contributed by atoms with E-state index in [1.165, 1.54) is 24.8 Å². The summed E-state index contributed by atoms with van der Waals surface area (Å²) < 4.78 is 12.2. The molecular weight excluding hydrogens is 403 g/mol. The average Bonchev–Trinajstić information content (AvgIpc) is 3.22. The Labute approximate surface area is 158 Å². The van der Waals surface area contributed by atoms with E-state index in [2.05, 4.69) is 38.3 Å². The van der Waals surface area contributed by atoms with Gasteiger partial charge in [0.05, 0.1) is 0 Å². The van der Waals surface area contributed by atoms with Crippen molar-refractivity contribution in [3.05, 3.63) is 22.2 Å². The minimum atomic E-state index is 0. The minimum Gasteiger partial charge on any atom is -0.454 e. The number of fused-ring (bicyclic) bond motifs is 1. The predicted octanol–water partition coefficient (Wildman–Crippen LogP) is 3.77. The summed E-state index contributed by atoms with van der Waals surface area (Å²) in [5.41, 5.74) is 1.35. The molecule has 23 heavy (non-hydrogen) atoms. The van der Waals surface area contributed by atoms with Gasteiger partial charge >= 0.3 is 0 Å². The van der Waals surface area contributed by atoms with E-state index >= 15 is 0 Å². The number of halogens is 3. The van der Waals surface area contributed by atoms with Crippen molar-refractivity contribution in [2.24, 2.45) is 5.92 Å². The maximum atomic E-state index is 5.58. The first-order valence-electron chi connectivity index (χ1n) is 7.85. The van der Waals surface area contributed by atoms with Gasteiger partial charge in [-0.3, -0.25) is 4.90 Å². The summed E-state index contributed by atoms with van der Waals surface area (Å²) in [6, 6.07) is 4.74. The van der Waals surface area contributed by atoms with Crippen LogP contribution in [0.2, 0.25) is 0 Å². The van der Waals surface area contributed by atoms with Crippen LogP contribution in [0.3, 0.4) is 0 Å². The smallest absolute Gasteiger partial charge is 0.231 e. The van der Waals surface area contributed by atoms with Crippen LogP contribution in [0.4, 0.5) is 0 Å². The highest BCUT2D eigenvalue weighted by atomic mass is 79.9. The Balaban J connectivity index is 0.000000960. The highest BCUT2D eigenvalue weighted by Crippen LogP contribution is 2.45. The zero-order valence-corrected chi connectivity index (χ0v) is 16.1. The van der Waals surface area contributed by atoms with Crippen LogP contribution >= 0.6 is 40.7 Å². The molecule has 0 spiro atoms. The molecule has 1 saturated heterocycles. The van der Waals surface area contributed by atoms with Crippen molar-refractivity contribution in [1.82, 2.24) is 10.2 Å². The molecule has 4 nitrogen and oxygen atoms in total. The number of hydrogen-bond donors (Lipinski definition) is 1. The normalized spacial score (nSPS) is 21.3. The maximum Gasteiger partial charge on any atom is 0.231 e. The van der Waals surface area contributed by atoms with Crippen LogP contribution in [-0.4, -0.2) is 37.9 Å². The third kappa shape index (κ3) is 4.26. The van der Waals surface area contributed by atoms with E-state index in [1.54, 1.807) is 0 Å². The van der Waals surface area contributed by atoms with Gasteiger partial charge in [0.15, 0.2) is 11.5 Å². The Hall–Kier alpha value is -0.200. The molecule has 7 heteroatoms. The van der Waals surface area contributed by atoms with Gasteiger partial charge < -0.3 is 14.8 Å². The number of ether oxygens (including phenoxy) is 2. The topological polar surface area (TPSA) is 33.7 Å². The summed E-state index contributed by atoms with van der Waals surface area (Å²) in [7, 11) is 0. The van der Waals surface area contributed by atoms with Crippen molar-refractivity contribution in [1.29, 1.82) is 0 Å². The number of rotatable bonds is 4. The van der Waals surface area contributed by atoms with E-state index in [0.717, 1.165) is 48.1 Å². The fourth-order valence-electron chi connectivity index (χ4n) is 3.32. The van der Waals surface area contributed by atoms with E-state index in [1.807, 2.05) is 0 Å². The summed E-state index contributed by atoms with van der Waals surface area (Å²) >= 11 is 3.75. The van der Waals surface area contributed by atoms with E-state index in [-0.39, 0.29) is 24.8 Å². The third-order valence-corrected chi connectivity index (χ3v) is 5.38. The van der Waals surface area contributed by atoms with Crippen molar-refractivity contribution >= 4 is 40.7 Å². The molecule has 0 radical (unpaired) electrons. The number of hydrogen-bond acceptors (Lipinski definition) is 4. The molecule has 130 valence electrons. The Kier molecular flexibility index (Phi) is 6.87. The van der Waals surface area contributed by atoms with Gasteiger partial charge in [-0.05, 0) is 30.0 Å². The van der Waals surface area contributed by atoms with Crippen LogP contribution in [0.15, 0.2) is 16.6 Å². The van der Waals surface area contributed by atoms with E-state index in [4.69, 9.17) is 9.47 Å². The first-order chi connectivity index (χ1) is 10.3. The number of nitrogens with one attached hydrogen (secondary N) is 1. The largest absolute Gasteiger partial charge is 0.454 e. The van der Waals surface area contributed by atoms with Crippen molar-refractivity contribution in [3.8, 4) is 11.5 Å². The number of piperazine rings is 1. The van der Waals surface area contributed by atoms with E-state index in [9.17, 15) is 0 Å². The van der Waals surface area contributed by atoms with E-state index in [0.29, 0.717) is 12.8 Å². The van der Waals surface area contributed by atoms with Crippen LogP contribution in [-0.2, 0) is 0 Å². The molecule has 0 amide bonds. The average molecular weight is 426 g/mol. The Morgan fingerprint density at radius 3 is 2.43 bits per heavy atom. The van der Waals surface area contributed by atoms with Crippen LogP contribution in [0, 0.1) is 5.92 Å². The fraction of sp³-hybridized carbons (Fsp3) is 0.625. The summed E-state index contributed by atoms with van der Waals surface area (Å²) in [6.45, 7) is 4.76. The van der Waals surface area contributed by atoms with Gasteiger partial charge in [0.1, 0.15) is 0 Å². The molecule has 0 aromatic heterocycles. The number of benzene rings is 1. The number of nitrogens with zero attached hydrogens (tertiary/aromatic N) is 1. The quantitative estimate of drug-likeness (QED) is 0.795. The van der Waals surface area contributed by atoms with Gasteiger partial charge in [-0.25, -0.2) is 0 Å². The lowest BCUT2D eigenvalue weighted by Crippen LogP contribution is -2.45. The van der Waals surface area contributed by atoms with Crippen molar-refractivity contribution in [2.45, 2.75) is 25.3 Å². The summed E-state index contributed by atoms with van der Waals surface area (Å²) in [5, 5.41) is 3.45. The highest BCUT2D eigenvalue weighted by Gasteiger charge is 2.32. The molecule has 0 bridgehead atoms. The van der Waals surface area contributed by atoms with Crippen molar-refractivity contribution < 1.29 is 9.47 Å². The van der Waals surface area contributed by atoms with Gasteiger partial charge in [-0.2, -0.15) is 0 Å². The van der Waals surface area contributed by atoms with Gasteiger partial charge in [-0.1, -0.05) is 28.8 Å². The second-order valence-electron chi connectivity index (χ2n) is 6.21. The molecule has 2 aliphatic heterocycles. The molecule has 1 saturated carbocycles. The van der Waals surface area contributed by atoms with Crippen LogP contribution in [0.1, 0.15) is 30.9 Å². The molecule has 2 heterocycles. The molecule has 1 atom stereocenters. The molecule has 0 unspecified atom stereocenters. The van der Waals surface area contributed by atoms with Gasteiger partial charge in [-0.15, -0.1) is 24.8 Å². The van der Waals surface area contributed by atoms with Crippen LogP contribution < -0.4 is 14.8 Å². The van der Waals surface area contributed by atoms with Crippen LogP contribution in [0.5, 0.6) is 11.5 Å². The molecule has 1 aromatic rings. The zero-order valence-electron chi connectivity index (χ0n) is 12.9. The standard InChI is InChI=1S/C16H21BrN2O2.2ClH/c17-13-9-16-15(20-10-21-16)8-12(13)14(7-11-1-2-11)19-5-3-18-4-6-19;;/h8-9,11,14,18H,1-7,10H2;2*1H/t14-;;/m1../s1. The van der Waals surface area contributed by atoms with Crippen molar-refractivity contribution in [3.63, 3.8) is 0 Å². The maximum absolute atomic E-state index is 5.58. The Morgan fingerprint density at radius 2 is 1.78 bits per heavy atom. The van der Waals surface area contributed by atoms with Crippen molar-refractivity contribution in [2.75, 3.05) is 33.0 Å². The lowest BCUT2D eigenvalue weighted by Gasteiger charge is -2.36. The molecular formula is C16H23BrCl2N2O2. The molecule has 2 fully saturated rings. The van der Waals surface area contributed by atoms with Gasteiger partial charge in [0, 0.05) is 36.7 Å². The third-order valence-electron chi connectivity index (χ3n) is 4.70. The second kappa shape index (κ2) is 8.26. The van der Waals surface area contributed by atoms with Crippen LogP contribution in [0.25, 0.3) is 0 Å². The van der Waals surface area contributed by atoms with Gasteiger partial charge in [0.25, 0.3) is 0 Å². The minimum absolute atomic E-state index is 0. The SMILES string of the molecule is Brc1cc2c(cc1[C@@H](CC1CC1)N1CCNCC1)OCO2.Cl.Cl. The fourth-order valence-corrected chi connectivity index (χ4v) is 3.91. The molecule has 3 aliphatic rings. The van der Waals surface area contributed by atoms with E-state index < -0.39 is 0 Å². The Morgan fingerprint density at radius 1 is 1.13 bits per heavy atom. The monoisotopic (exact) mass is 424 g/mol. The molecule has 1 aliphatic carbocycles. The second-order valence-corrected chi connectivity index (χ2v) is 7.06. The van der Waals surface area contributed by atoms with Gasteiger partial charge in [0.2, 0.25) is 6.79 Å². The molecule has 1 aromatic carbocycles. The predicted molar refractivity (Wildman–Crippen MR) is 99.3 cm³/mol. The highest BCUT2D eigenvalue weighted by molar-refractivity contribution is 9.10. The lowest BCUT2D eigenvalue weighted by atomic mass is 9.98. The molecule has 4 rings (SSSR count). The summed E-state index contributed by atoms with van der Waals surface area (Å²) in [4.78, 5) is 2.62. The lowest BCUT2D eigenvalue weighted by molar-refractivity contribution is 0.159. The Bertz CT molecular complexity index is 537. The zero-order chi connectivity index (χ0) is 14.2.